The smallest absolute Gasteiger partial charge is 0.362 e. The molecule has 0 rings (SSSR count). The molecule has 8 heteroatoms. The molecular formula is C56H98NO7+. The fourth-order valence-corrected chi connectivity index (χ4v) is 7.35. The van der Waals surface area contributed by atoms with Crippen LogP contribution >= 0.6 is 0 Å². The Bertz CT molecular complexity index is 1270. The molecule has 0 radical (unpaired) electrons. The summed E-state index contributed by atoms with van der Waals surface area (Å²) in [6.45, 7) is 4.60. The Labute approximate surface area is 393 Å². The number of ether oxygens (including phenoxy) is 3. The molecule has 0 bridgehead atoms. The van der Waals surface area contributed by atoms with Crippen LogP contribution in [0.5, 0.6) is 0 Å². The van der Waals surface area contributed by atoms with Crippen LogP contribution in [-0.4, -0.2) is 80.6 Å². The van der Waals surface area contributed by atoms with Crippen LogP contribution < -0.4 is 0 Å². The SMILES string of the molecule is CC/C=C\C/C=C\C/C=C\C/C=C\CCCCCCCCC(=O)OC(COCCC(C(=O)O)[N+](C)(C)C)COC(=O)CCCCCCCCCCC/C=C\C/C=C\CCCCCCC. The molecule has 0 spiro atoms. The first-order chi connectivity index (χ1) is 31.1. The molecule has 2 atom stereocenters. The molecule has 0 saturated carbocycles. The lowest BCUT2D eigenvalue weighted by molar-refractivity contribution is -0.887. The third kappa shape index (κ3) is 44.0. The Morgan fingerprint density at radius 1 is 0.484 bits per heavy atom. The fourth-order valence-electron chi connectivity index (χ4n) is 7.35. The van der Waals surface area contributed by atoms with E-state index in [0.717, 1.165) is 83.5 Å². The predicted molar refractivity (Wildman–Crippen MR) is 270 cm³/mol. The highest BCUT2D eigenvalue weighted by Crippen LogP contribution is 2.15. The van der Waals surface area contributed by atoms with E-state index in [1.165, 1.54) is 96.3 Å². The number of rotatable bonds is 46. The summed E-state index contributed by atoms with van der Waals surface area (Å²) in [4.78, 5) is 37.2. The summed E-state index contributed by atoms with van der Waals surface area (Å²) in [5, 5.41) is 9.66. The largest absolute Gasteiger partial charge is 0.477 e. The summed E-state index contributed by atoms with van der Waals surface area (Å²) in [6.07, 6.45) is 59.5. The van der Waals surface area contributed by atoms with E-state index in [2.05, 4.69) is 86.8 Å². The number of aliphatic carboxylic acids is 1. The van der Waals surface area contributed by atoms with Crippen molar-refractivity contribution in [3.05, 3.63) is 72.9 Å². The zero-order chi connectivity index (χ0) is 47.0. The van der Waals surface area contributed by atoms with Gasteiger partial charge in [-0.1, -0.05) is 183 Å². The van der Waals surface area contributed by atoms with Crippen molar-refractivity contribution < 1.29 is 38.2 Å². The summed E-state index contributed by atoms with van der Waals surface area (Å²) < 4.78 is 17.3. The van der Waals surface area contributed by atoms with Gasteiger partial charge in [0.25, 0.3) is 0 Å². The van der Waals surface area contributed by atoms with Gasteiger partial charge in [-0.25, -0.2) is 4.79 Å². The van der Waals surface area contributed by atoms with E-state index in [-0.39, 0.29) is 36.2 Å². The fraction of sp³-hybridized carbons (Fsp3) is 0.732. The Morgan fingerprint density at radius 2 is 0.875 bits per heavy atom. The van der Waals surface area contributed by atoms with Gasteiger partial charge in [0.15, 0.2) is 12.1 Å². The van der Waals surface area contributed by atoms with E-state index in [1.807, 2.05) is 21.1 Å². The summed E-state index contributed by atoms with van der Waals surface area (Å²) in [6, 6.07) is -0.622. The lowest BCUT2D eigenvalue weighted by Gasteiger charge is -2.31. The molecule has 8 nitrogen and oxygen atoms in total. The molecule has 0 heterocycles. The van der Waals surface area contributed by atoms with E-state index >= 15 is 0 Å². The van der Waals surface area contributed by atoms with Gasteiger partial charge >= 0.3 is 17.9 Å². The van der Waals surface area contributed by atoms with Gasteiger partial charge in [0.1, 0.15) is 6.61 Å². The molecule has 0 aromatic heterocycles. The Hall–Kier alpha value is -3.23. The van der Waals surface area contributed by atoms with E-state index in [4.69, 9.17) is 14.2 Å². The molecule has 0 aromatic rings. The van der Waals surface area contributed by atoms with Gasteiger partial charge in [-0.2, -0.15) is 0 Å². The third-order valence-electron chi connectivity index (χ3n) is 11.3. The van der Waals surface area contributed by atoms with Crippen LogP contribution in [0.2, 0.25) is 0 Å². The molecule has 0 aliphatic heterocycles. The predicted octanol–water partition coefficient (Wildman–Crippen LogP) is 15.1. The van der Waals surface area contributed by atoms with E-state index < -0.39 is 18.1 Å². The molecule has 368 valence electrons. The number of hydrogen-bond donors (Lipinski definition) is 1. The number of hydrogen-bond acceptors (Lipinski definition) is 6. The van der Waals surface area contributed by atoms with Crippen LogP contribution in [0.25, 0.3) is 0 Å². The second kappa shape index (κ2) is 46.3. The summed E-state index contributed by atoms with van der Waals surface area (Å²) in [5.41, 5.74) is 0. The number of nitrogens with zero attached hydrogens (tertiary/aromatic N) is 1. The lowest BCUT2D eigenvalue weighted by atomic mass is 10.1. The number of carboxylic acids is 1. The van der Waals surface area contributed by atoms with Gasteiger partial charge < -0.3 is 23.8 Å². The lowest BCUT2D eigenvalue weighted by Crippen LogP contribution is -2.50. The minimum Gasteiger partial charge on any atom is -0.477 e. The third-order valence-corrected chi connectivity index (χ3v) is 11.3. The Balaban J connectivity index is 4.28. The Kier molecular flexibility index (Phi) is 44.0. The molecule has 0 aliphatic carbocycles. The molecule has 2 unspecified atom stereocenters. The van der Waals surface area contributed by atoms with Crippen LogP contribution in [0.3, 0.4) is 0 Å². The van der Waals surface area contributed by atoms with Crippen molar-refractivity contribution >= 4 is 17.9 Å². The van der Waals surface area contributed by atoms with Gasteiger partial charge in [-0.15, -0.1) is 0 Å². The van der Waals surface area contributed by atoms with Crippen molar-refractivity contribution in [2.75, 3.05) is 41.0 Å². The van der Waals surface area contributed by atoms with Crippen molar-refractivity contribution in [1.29, 1.82) is 0 Å². The summed E-state index contributed by atoms with van der Waals surface area (Å²) >= 11 is 0. The molecule has 0 saturated heterocycles. The summed E-state index contributed by atoms with van der Waals surface area (Å²) in [7, 11) is 5.53. The van der Waals surface area contributed by atoms with Gasteiger partial charge in [0.05, 0.1) is 34.4 Å². The first kappa shape index (κ1) is 60.8. The maximum Gasteiger partial charge on any atom is 0.362 e. The zero-order valence-corrected chi connectivity index (χ0v) is 42.0. The highest BCUT2D eigenvalue weighted by atomic mass is 16.6. The minimum atomic E-state index is -0.879. The molecule has 0 aliphatic rings. The molecule has 64 heavy (non-hydrogen) atoms. The van der Waals surface area contributed by atoms with E-state index in [0.29, 0.717) is 19.3 Å². The van der Waals surface area contributed by atoms with E-state index in [9.17, 15) is 19.5 Å². The van der Waals surface area contributed by atoms with Gasteiger partial charge in [0, 0.05) is 19.3 Å². The van der Waals surface area contributed by atoms with Gasteiger partial charge in [-0.3, -0.25) is 9.59 Å². The number of carboxylic acid groups (broad SMARTS) is 1. The maximum absolute atomic E-state index is 12.8. The average Bonchev–Trinajstić information content (AvgIpc) is 3.26. The molecule has 0 aromatic carbocycles. The highest BCUT2D eigenvalue weighted by molar-refractivity contribution is 5.72. The first-order valence-electron chi connectivity index (χ1n) is 26.0. The number of quaternary nitrogens is 1. The highest BCUT2D eigenvalue weighted by Gasteiger charge is 2.31. The number of likely N-dealkylation sites (N-methyl/N-ethyl adjacent to an activating group) is 1. The van der Waals surface area contributed by atoms with Crippen molar-refractivity contribution in [2.45, 2.75) is 225 Å². The van der Waals surface area contributed by atoms with Crippen molar-refractivity contribution in [2.24, 2.45) is 0 Å². The number of carbonyl (C=O) groups excluding carboxylic acids is 2. The van der Waals surface area contributed by atoms with Gasteiger partial charge in [0.2, 0.25) is 0 Å². The molecule has 0 fully saturated rings. The van der Waals surface area contributed by atoms with Crippen LogP contribution in [0.15, 0.2) is 72.9 Å². The van der Waals surface area contributed by atoms with Crippen molar-refractivity contribution in [1.82, 2.24) is 0 Å². The van der Waals surface area contributed by atoms with E-state index in [1.54, 1.807) is 0 Å². The summed E-state index contributed by atoms with van der Waals surface area (Å²) in [5.74, 6) is -1.49. The Morgan fingerprint density at radius 3 is 1.30 bits per heavy atom. The number of carbonyl (C=O) groups is 3. The van der Waals surface area contributed by atoms with Crippen molar-refractivity contribution in [3.8, 4) is 0 Å². The zero-order valence-electron chi connectivity index (χ0n) is 42.0. The number of allylic oxidation sites excluding steroid dienone is 12. The normalized spacial score (nSPS) is 13.5. The monoisotopic (exact) mass is 897 g/mol. The van der Waals surface area contributed by atoms with Crippen LogP contribution in [-0.2, 0) is 28.6 Å². The van der Waals surface area contributed by atoms with Crippen LogP contribution in [0.1, 0.15) is 213 Å². The van der Waals surface area contributed by atoms with Crippen molar-refractivity contribution in [3.63, 3.8) is 0 Å². The molecular weight excluding hydrogens is 799 g/mol. The quantitative estimate of drug-likeness (QED) is 0.0281. The van der Waals surface area contributed by atoms with Crippen LogP contribution in [0, 0.1) is 0 Å². The van der Waals surface area contributed by atoms with Crippen LogP contribution in [0.4, 0.5) is 0 Å². The molecule has 0 amide bonds. The standard InChI is InChI=1S/C56H97NO7/c1-6-8-10-12-14-16-18-20-22-24-26-27-29-30-32-34-36-38-40-42-44-46-54(58)63-51-52(50-62-49-48-53(56(60)61)57(3,4)5)64-55(59)47-45-43-41-39-37-35-33-31-28-25-23-21-19-17-15-13-11-9-7-2/h9,11,15,17-18,20-21,23-24,26,28,31,52-53H,6-8,10,12-14,16,19,22,25,27,29-30,32-51H2,1-5H3/p+1/b11-9-,17-15-,20-18-,23-21-,26-24-,31-28-. The molecule has 1 N–H and O–H groups in total. The second-order valence-corrected chi connectivity index (χ2v) is 18.4. The van der Waals surface area contributed by atoms with Gasteiger partial charge in [-0.05, 0) is 83.5 Å². The second-order valence-electron chi connectivity index (χ2n) is 18.4. The minimum absolute atomic E-state index is 0.0510. The number of esters is 2. The topological polar surface area (TPSA) is 99.1 Å². The average molecular weight is 897 g/mol. The first-order valence-corrected chi connectivity index (χ1v) is 26.0. The number of unbranched alkanes of at least 4 members (excludes halogenated alkanes) is 20. The maximum atomic E-state index is 12.8.